The van der Waals surface area contributed by atoms with Crippen LogP contribution in [0.4, 0.5) is 11.4 Å². The lowest BCUT2D eigenvalue weighted by Gasteiger charge is -2.09. The summed E-state index contributed by atoms with van der Waals surface area (Å²) >= 11 is 0. The molecule has 0 amide bonds. The first-order valence-corrected chi connectivity index (χ1v) is 6.37. The zero-order valence-corrected chi connectivity index (χ0v) is 11.2. The molecule has 0 fully saturated rings. The van der Waals surface area contributed by atoms with E-state index < -0.39 is 4.92 Å². The van der Waals surface area contributed by atoms with Gasteiger partial charge in [0.15, 0.2) is 0 Å². The number of benzene rings is 1. The number of rotatable bonds is 7. The number of non-ortho nitro benzene ring substituents is 1. The number of nitrogens with one attached hydrogen (secondary N) is 1. The molecule has 1 aromatic heterocycles. The number of nitrogens with zero attached hydrogens (tertiary/aromatic N) is 1. The van der Waals surface area contributed by atoms with E-state index in [2.05, 4.69) is 5.32 Å². The minimum atomic E-state index is -0.434. The number of furan rings is 1. The Morgan fingerprint density at radius 1 is 1.40 bits per heavy atom. The SMILES string of the molecule is CCCNc1cc(OCc2ccco2)cc([N+](=O)[O-])c1. The van der Waals surface area contributed by atoms with Crippen LogP contribution in [-0.2, 0) is 6.61 Å². The third-order valence-electron chi connectivity index (χ3n) is 2.64. The number of hydrogen-bond acceptors (Lipinski definition) is 5. The van der Waals surface area contributed by atoms with Crippen molar-refractivity contribution >= 4 is 11.4 Å². The fourth-order valence-corrected chi connectivity index (χ4v) is 1.69. The summed E-state index contributed by atoms with van der Waals surface area (Å²) in [6, 6.07) is 8.19. The summed E-state index contributed by atoms with van der Waals surface area (Å²) in [7, 11) is 0. The van der Waals surface area contributed by atoms with Crippen LogP contribution in [0, 0.1) is 10.1 Å². The largest absolute Gasteiger partial charge is 0.485 e. The Morgan fingerprint density at radius 3 is 2.90 bits per heavy atom. The topological polar surface area (TPSA) is 77.5 Å². The molecule has 0 atom stereocenters. The van der Waals surface area contributed by atoms with Crippen LogP contribution in [0.15, 0.2) is 41.0 Å². The van der Waals surface area contributed by atoms with E-state index in [1.54, 1.807) is 24.5 Å². The second-order valence-corrected chi connectivity index (χ2v) is 4.27. The van der Waals surface area contributed by atoms with E-state index in [0.717, 1.165) is 13.0 Å². The molecule has 20 heavy (non-hydrogen) atoms. The molecule has 0 radical (unpaired) electrons. The quantitative estimate of drug-likeness (QED) is 0.617. The van der Waals surface area contributed by atoms with E-state index >= 15 is 0 Å². The van der Waals surface area contributed by atoms with Crippen LogP contribution in [0.25, 0.3) is 0 Å². The molecule has 1 N–H and O–H groups in total. The molecule has 106 valence electrons. The molecule has 1 heterocycles. The first kappa shape index (κ1) is 13.9. The highest BCUT2D eigenvalue weighted by atomic mass is 16.6. The molecule has 6 nitrogen and oxygen atoms in total. The maximum atomic E-state index is 10.9. The summed E-state index contributed by atoms with van der Waals surface area (Å²) in [6.07, 6.45) is 2.49. The van der Waals surface area contributed by atoms with Gasteiger partial charge in [-0.1, -0.05) is 6.92 Å². The van der Waals surface area contributed by atoms with Gasteiger partial charge in [-0.2, -0.15) is 0 Å². The number of nitro groups is 1. The molecule has 0 bridgehead atoms. The minimum Gasteiger partial charge on any atom is -0.485 e. The van der Waals surface area contributed by atoms with Crippen molar-refractivity contribution in [2.45, 2.75) is 20.0 Å². The molecule has 0 aliphatic carbocycles. The van der Waals surface area contributed by atoms with Crippen molar-refractivity contribution in [1.82, 2.24) is 0 Å². The zero-order valence-electron chi connectivity index (χ0n) is 11.2. The summed E-state index contributed by atoms with van der Waals surface area (Å²) in [5.41, 5.74) is 0.677. The molecule has 1 aromatic carbocycles. The Morgan fingerprint density at radius 2 is 2.25 bits per heavy atom. The van der Waals surface area contributed by atoms with Gasteiger partial charge in [0, 0.05) is 24.4 Å². The maximum Gasteiger partial charge on any atom is 0.275 e. The van der Waals surface area contributed by atoms with Crippen molar-refractivity contribution in [2.24, 2.45) is 0 Å². The summed E-state index contributed by atoms with van der Waals surface area (Å²) in [5.74, 6) is 1.11. The Bertz CT molecular complexity index is 567. The van der Waals surface area contributed by atoms with Crippen LogP contribution in [0.5, 0.6) is 5.75 Å². The number of anilines is 1. The van der Waals surface area contributed by atoms with Crippen LogP contribution in [-0.4, -0.2) is 11.5 Å². The molecule has 2 aromatic rings. The molecule has 0 unspecified atom stereocenters. The maximum absolute atomic E-state index is 10.9. The van der Waals surface area contributed by atoms with Crippen molar-refractivity contribution in [1.29, 1.82) is 0 Å². The average Bonchev–Trinajstić information content (AvgIpc) is 2.96. The third-order valence-corrected chi connectivity index (χ3v) is 2.64. The predicted molar refractivity (Wildman–Crippen MR) is 74.9 cm³/mol. The summed E-state index contributed by atoms with van der Waals surface area (Å²) < 4.78 is 10.7. The molecule has 2 rings (SSSR count). The summed E-state index contributed by atoms with van der Waals surface area (Å²) in [6.45, 7) is 3.01. The van der Waals surface area contributed by atoms with Gasteiger partial charge in [-0.05, 0) is 18.6 Å². The van der Waals surface area contributed by atoms with Gasteiger partial charge in [-0.15, -0.1) is 0 Å². The smallest absolute Gasteiger partial charge is 0.275 e. The van der Waals surface area contributed by atoms with Crippen molar-refractivity contribution < 1.29 is 14.1 Å². The number of hydrogen-bond donors (Lipinski definition) is 1. The minimum absolute atomic E-state index is 0.000507. The standard InChI is InChI=1S/C14H16N2O4/c1-2-5-15-11-7-12(16(17)18)9-14(8-11)20-10-13-4-3-6-19-13/h3-4,6-9,15H,2,5,10H2,1H3. The van der Waals surface area contributed by atoms with E-state index in [1.165, 1.54) is 12.1 Å². The highest BCUT2D eigenvalue weighted by Gasteiger charge is 2.11. The first-order valence-electron chi connectivity index (χ1n) is 6.37. The Kier molecular flexibility index (Phi) is 4.60. The molecular weight excluding hydrogens is 260 g/mol. The number of nitro benzene ring substituents is 1. The third kappa shape index (κ3) is 3.74. The summed E-state index contributed by atoms with van der Waals surface area (Å²) in [5, 5.41) is 14.0. The van der Waals surface area contributed by atoms with Crippen molar-refractivity contribution in [3.63, 3.8) is 0 Å². The Balaban J connectivity index is 2.13. The van der Waals surface area contributed by atoms with Gasteiger partial charge in [0.1, 0.15) is 18.1 Å². The molecular formula is C14H16N2O4. The molecule has 0 saturated carbocycles. The fraction of sp³-hybridized carbons (Fsp3) is 0.286. The van der Waals surface area contributed by atoms with Crippen LogP contribution < -0.4 is 10.1 Å². The normalized spacial score (nSPS) is 10.2. The summed E-state index contributed by atoms with van der Waals surface area (Å²) in [4.78, 5) is 10.5. The van der Waals surface area contributed by atoms with Crippen molar-refractivity contribution in [3.05, 3.63) is 52.5 Å². The highest BCUT2D eigenvalue weighted by Crippen LogP contribution is 2.26. The van der Waals surface area contributed by atoms with Crippen LogP contribution in [0.2, 0.25) is 0 Å². The van der Waals surface area contributed by atoms with Crippen LogP contribution in [0.1, 0.15) is 19.1 Å². The van der Waals surface area contributed by atoms with E-state index in [4.69, 9.17) is 9.15 Å². The molecule has 0 saturated heterocycles. The van der Waals surface area contributed by atoms with E-state index in [9.17, 15) is 10.1 Å². The lowest BCUT2D eigenvalue weighted by atomic mass is 10.2. The second kappa shape index (κ2) is 6.60. The lowest BCUT2D eigenvalue weighted by Crippen LogP contribution is -2.02. The monoisotopic (exact) mass is 276 g/mol. The van der Waals surface area contributed by atoms with Crippen molar-refractivity contribution in [2.75, 3.05) is 11.9 Å². The average molecular weight is 276 g/mol. The van der Waals surface area contributed by atoms with Gasteiger partial charge in [0.25, 0.3) is 5.69 Å². The zero-order chi connectivity index (χ0) is 14.4. The van der Waals surface area contributed by atoms with Gasteiger partial charge in [0.05, 0.1) is 17.3 Å². The lowest BCUT2D eigenvalue weighted by molar-refractivity contribution is -0.384. The highest BCUT2D eigenvalue weighted by molar-refractivity contribution is 5.56. The molecule has 0 spiro atoms. The molecule has 6 heteroatoms. The Hall–Kier alpha value is -2.50. The molecule has 0 aliphatic rings. The van der Waals surface area contributed by atoms with Gasteiger partial charge < -0.3 is 14.5 Å². The van der Waals surface area contributed by atoms with Crippen molar-refractivity contribution in [3.8, 4) is 5.75 Å². The second-order valence-electron chi connectivity index (χ2n) is 4.27. The van der Waals surface area contributed by atoms with E-state index in [1.807, 2.05) is 6.92 Å². The Labute approximate surface area is 116 Å². The fourth-order valence-electron chi connectivity index (χ4n) is 1.69. The molecule has 0 aliphatic heterocycles. The van der Waals surface area contributed by atoms with Crippen LogP contribution in [0.3, 0.4) is 0 Å². The first-order chi connectivity index (χ1) is 9.69. The van der Waals surface area contributed by atoms with Gasteiger partial charge in [-0.3, -0.25) is 10.1 Å². The van der Waals surface area contributed by atoms with Crippen LogP contribution >= 0.6 is 0 Å². The van der Waals surface area contributed by atoms with Gasteiger partial charge >= 0.3 is 0 Å². The van der Waals surface area contributed by atoms with Gasteiger partial charge in [0.2, 0.25) is 0 Å². The van der Waals surface area contributed by atoms with E-state index in [-0.39, 0.29) is 12.3 Å². The number of ether oxygens (including phenoxy) is 1. The van der Waals surface area contributed by atoms with E-state index in [0.29, 0.717) is 17.2 Å². The predicted octanol–water partition coefficient (Wildman–Crippen LogP) is 3.59. The van der Waals surface area contributed by atoms with Gasteiger partial charge in [-0.25, -0.2) is 0 Å².